The molecule has 1 aliphatic carbocycles. The zero-order chi connectivity index (χ0) is 19.8. The predicted octanol–water partition coefficient (Wildman–Crippen LogP) is 2.71. The highest BCUT2D eigenvalue weighted by Gasteiger charge is 2.38. The summed E-state index contributed by atoms with van der Waals surface area (Å²) in [5.41, 5.74) is 0.971. The molecule has 0 saturated heterocycles. The van der Waals surface area contributed by atoms with Crippen molar-refractivity contribution in [1.29, 1.82) is 0 Å². The van der Waals surface area contributed by atoms with Crippen LogP contribution in [0.3, 0.4) is 0 Å². The van der Waals surface area contributed by atoms with E-state index in [1.807, 2.05) is 24.3 Å². The van der Waals surface area contributed by atoms with E-state index in [-0.39, 0.29) is 24.8 Å². The SMILES string of the molecule is O=C(Cn1cnc2ccccc2c1=O)NC1(c2ccc3c(c2)OCO3)CCCC1. The van der Waals surface area contributed by atoms with Crippen LogP contribution in [0.25, 0.3) is 10.9 Å². The van der Waals surface area contributed by atoms with Crippen LogP contribution in [0.5, 0.6) is 11.5 Å². The highest BCUT2D eigenvalue weighted by atomic mass is 16.7. The van der Waals surface area contributed by atoms with Gasteiger partial charge in [-0.2, -0.15) is 0 Å². The Labute approximate surface area is 167 Å². The Morgan fingerprint density at radius 2 is 1.90 bits per heavy atom. The average molecular weight is 391 g/mol. The Hall–Kier alpha value is -3.35. The lowest BCUT2D eigenvalue weighted by molar-refractivity contribution is -0.123. The molecule has 0 unspecified atom stereocenters. The van der Waals surface area contributed by atoms with Gasteiger partial charge < -0.3 is 14.8 Å². The van der Waals surface area contributed by atoms with E-state index in [0.717, 1.165) is 37.0 Å². The van der Waals surface area contributed by atoms with Gasteiger partial charge in [0.15, 0.2) is 11.5 Å². The third-order valence-electron chi connectivity index (χ3n) is 5.81. The van der Waals surface area contributed by atoms with Crippen LogP contribution < -0.4 is 20.3 Å². The standard InChI is InChI=1S/C22H21N3O4/c26-20(12-25-13-23-17-6-2-1-5-16(17)21(25)27)24-22(9-3-4-10-22)15-7-8-18-19(11-15)29-14-28-18/h1-2,5-8,11,13H,3-4,9-10,12,14H2,(H,24,26). The molecule has 1 aliphatic heterocycles. The first kappa shape index (κ1) is 17.7. The van der Waals surface area contributed by atoms with E-state index in [2.05, 4.69) is 10.3 Å². The van der Waals surface area contributed by atoms with Crippen molar-refractivity contribution in [1.82, 2.24) is 14.9 Å². The van der Waals surface area contributed by atoms with Gasteiger partial charge in [-0.25, -0.2) is 4.98 Å². The molecule has 7 nitrogen and oxygen atoms in total. The van der Waals surface area contributed by atoms with E-state index in [9.17, 15) is 9.59 Å². The van der Waals surface area contributed by atoms with E-state index in [0.29, 0.717) is 16.7 Å². The van der Waals surface area contributed by atoms with Crippen molar-refractivity contribution in [2.75, 3.05) is 6.79 Å². The van der Waals surface area contributed by atoms with E-state index in [4.69, 9.17) is 9.47 Å². The van der Waals surface area contributed by atoms with Gasteiger partial charge >= 0.3 is 0 Å². The van der Waals surface area contributed by atoms with Gasteiger partial charge in [0.1, 0.15) is 6.54 Å². The fourth-order valence-electron chi connectivity index (χ4n) is 4.34. The number of nitrogens with zero attached hydrogens (tertiary/aromatic N) is 2. The number of hydrogen-bond donors (Lipinski definition) is 1. The summed E-state index contributed by atoms with van der Waals surface area (Å²) in [6, 6.07) is 13.0. The van der Waals surface area contributed by atoms with Gasteiger partial charge in [-0.05, 0) is 42.7 Å². The second kappa shape index (κ2) is 6.92. The Morgan fingerprint density at radius 1 is 1.10 bits per heavy atom. The molecule has 3 aromatic rings. The molecule has 29 heavy (non-hydrogen) atoms. The molecular weight excluding hydrogens is 370 g/mol. The predicted molar refractivity (Wildman–Crippen MR) is 107 cm³/mol. The molecule has 2 aliphatic rings. The fourth-order valence-corrected chi connectivity index (χ4v) is 4.34. The third kappa shape index (κ3) is 3.12. The van der Waals surface area contributed by atoms with E-state index < -0.39 is 5.54 Å². The molecule has 1 fully saturated rings. The number of benzene rings is 2. The van der Waals surface area contributed by atoms with Crippen LogP contribution in [0.15, 0.2) is 53.6 Å². The summed E-state index contributed by atoms with van der Waals surface area (Å²) in [5.74, 6) is 1.23. The average Bonchev–Trinajstić information content (AvgIpc) is 3.40. The summed E-state index contributed by atoms with van der Waals surface area (Å²) in [5, 5.41) is 3.71. The normalized spacial score (nSPS) is 16.8. The van der Waals surface area contributed by atoms with Gasteiger partial charge in [0.25, 0.3) is 5.56 Å². The second-order valence-corrected chi connectivity index (χ2v) is 7.60. The summed E-state index contributed by atoms with van der Waals surface area (Å²) in [4.78, 5) is 29.9. The van der Waals surface area contributed by atoms with Crippen molar-refractivity contribution in [3.63, 3.8) is 0 Å². The van der Waals surface area contributed by atoms with Gasteiger partial charge in [-0.3, -0.25) is 14.2 Å². The number of aromatic nitrogens is 2. The fraction of sp³-hybridized carbons (Fsp3) is 0.318. The first-order valence-electron chi connectivity index (χ1n) is 9.80. The molecule has 1 amide bonds. The number of para-hydroxylation sites is 1. The molecule has 7 heteroatoms. The number of rotatable bonds is 4. The molecule has 0 bridgehead atoms. The molecule has 0 spiro atoms. The molecule has 148 valence electrons. The summed E-state index contributed by atoms with van der Waals surface area (Å²) in [6.07, 6.45) is 5.21. The van der Waals surface area contributed by atoms with Gasteiger partial charge in [-0.1, -0.05) is 31.0 Å². The molecule has 1 saturated carbocycles. The van der Waals surface area contributed by atoms with Crippen LogP contribution in [-0.4, -0.2) is 22.3 Å². The van der Waals surface area contributed by atoms with Crippen LogP contribution in [0.2, 0.25) is 0 Å². The van der Waals surface area contributed by atoms with Gasteiger partial charge in [0.05, 0.1) is 22.8 Å². The minimum atomic E-state index is -0.452. The zero-order valence-electron chi connectivity index (χ0n) is 15.9. The van der Waals surface area contributed by atoms with E-state index in [1.165, 1.54) is 10.9 Å². The molecule has 0 radical (unpaired) electrons. The minimum absolute atomic E-state index is 0.0665. The van der Waals surface area contributed by atoms with Crippen molar-refractivity contribution in [3.8, 4) is 11.5 Å². The highest BCUT2D eigenvalue weighted by molar-refractivity contribution is 5.79. The van der Waals surface area contributed by atoms with Gasteiger partial charge in [0, 0.05) is 0 Å². The second-order valence-electron chi connectivity index (χ2n) is 7.60. The largest absolute Gasteiger partial charge is 0.454 e. The molecule has 5 rings (SSSR count). The van der Waals surface area contributed by atoms with E-state index >= 15 is 0 Å². The van der Waals surface area contributed by atoms with Crippen molar-refractivity contribution in [3.05, 3.63) is 64.7 Å². The van der Waals surface area contributed by atoms with E-state index in [1.54, 1.807) is 18.2 Å². The van der Waals surface area contributed by atoms with Crippen LogP contribution in [0.4, 0.5) is 0 Å². The van der Waals surface area contributed by atoms with Crippen LogP contribution in [0.1, 0.15) is 31.2 Å². The summed E-state index contributed by atoms with van der Waals surface area (Å²) >= 11 is 0. The lowest BCUT2D eigenvalue weighted by Gasteiger charge is -2.31. The Balaban J connectivity index is 1.41. The first-order chi connectivity index (χ1) is 14.1. The molecule has 1 N–H and O–H groups in total. The minimum Gasteiger partial charge on any atom is -0.454 e. The van der Waals surface area contributed by atoms with Crippen LogP contribution in [0, 0.1) is 0 Å². The number of carbonyl (C=O) groups excluding carboxylic acids is 1. The summed E-state index contributed by atoms with van der Waals surface area (Å²) in [6.45, 7) is 0.152. The summed E-state index contributed by atoms with van der Waals surface area (Å²) in [7, 11) is 0. The molecule has 2 aromatic carbocycles. The molecule has 1 aromatic heterocycles. The topological polar surface area (TPSA) is 82.5 Å². The Kier molecular flexibility index (Phi) is 4.23. The number of nitrogens with one attached hydrogen (secondary N) is 1. The lowest BCUT2D eigenvalue weighted by Crippen LogP contribution is -2.46. The van der Waals surface area contributed by atoms with Crippen molar-refractivity contribution in [2.24, 2.45) is 0 Å². The van der Waals surface area contributed by atoms with Crippen LogP contribution >= 0.6 is 0 Å². The maximum absolute atomic E-state index is 12.9. The van der Waals surface area contributed by atoms with Crippen molar-refractivity contribution < 1.29 is 14.3 Å². The number of ether oxygens (including phenoxy) is 2. The first-order valence-corrected chi connectivity index (χ1v) is 9.80. The number of carbonyl (C=O) groups is 1. The molecule has 0 atom stereocenters. The lowest BCUT2D eigenvalue weighted by atomic mass is 9.87. The smallest absolute Gasteiger partial charge is 0.261 e. The number of fused-ring (bicyclic) bond motifs is 2. The Morgan fingerprint density at radius 3 is 2.76 bits per heavy atom. The number of amides is 1. The maximum atomic E-state index is 12.9. The van der Waals surface area contributed by atoms with Gasteiger partial charge in [-0.15, -0.1) is 0 Å². The quantitative estimate of drug-likeness (QED) is 0.739. The number of hydrogen-bond acceptors (Lipinski definition) is 5. The maximum Gasteiger partial charge on any atom is 0.261 e. The monoisotopic (exact) mass is 391 g/mol. The highest BCUT2D eigenvalue weighted by Crippen LogP contribution is 2.42. The Bertz CT molecular complexity index is 1150. The van der Waals surface area contributed by atoms with Crippen molar-refractivity contribution >= 4 is 16.8 Å². The summed E-state index contributed by atoms with van der Waals surface area (Å²) < 4.78 is 12.3. The zero-order valence-corrected chi connectivity index (χ0v) is 15.9. The van der Waals surface area contributed by atoms with Crippen LogP contribution in [-0.2, 0) is 16.9 Å². The molecule has 2 heterocycles. The molecular formula is C22H21N3O4. The van der Waals surface area contributed by atoms with Gasteiger partial charge in [0.2, 0.25) is 12.7 Å². The third-order valence-corrected chi connectivity index (χ3v) is 5.81. The van der Waals surface area contributed by atoms with Crippen molar-refractivity contribution in [2.45, 2.75) is 37.8 Å².